The van der Waals surface area contributed by atoms with E-state index in [9.17, 15) is 9.59 Å². The van der Waals surface area contributed by atoms with E-state index in [1.807, 2.05) is 20.8 Å². The second-order valence-electron chi connectivity index (χ2n) is 6.50. The van der Waals surface area contributed by atoms with E-state index < -0.39 is 11.7 Å². The number of carbonyl (C=O) groups is 2. The SMILES string of the molecule is CCOC(=O)c1c(N)sc2c1CCCC2NC(=O)OC(C)(C)C. The number of hydrogen-bond acceptors (Lipinski definition) is 6. The zero-order valence-electron chi connectivity index (χ0n) is 14.0. The van der Waals surface area contributed by atoms with Gasteiger partial charge < -0.3 is 20.5 Å². The molecule has 7 heteroatoms. The number of fused-ring (bicyclic) bond motifs is 1. The maximum Gasteiger partial charge on any atom is 0.408 e. The molecule has 0 bridgehead atoms. The number of nitrogens with two attached hydrogens (primary N) is 1. The van der Waals surface area contributed by atoms with Gasteiger partial charge in [-0.15, -0.1) is 11.3 Å². The molecule has 1 aliphatic carbocycles. The molecule has 23 heavy (non-hydrogen) atoms. The maximum atomic E-state index is 12.1. The summed E-state index contributed by atoms with van der Waals surface area (Å²) in [5.41, 5.74) is 6.83. The van der Waals surface area contributed by atoms with E-state index in [2.05, 4.69) is 5.32 Å². The molecule has 6 nitrogen and oxygen atoms in total. The van der Waals surface area contributed by atoms with Gasteiger partial charge in [0, 0.05) is 4.88 Å². The van der Waals surface area contributed by atoms with Crippen molar-refractivity contribution in [3.63, 3.8) is 0 Å². The fourth-order valence-electron chi connectivity index (χ4n) is 2.66. The van der Waals surface area contributed by atoms with Gasteiger partial charge in [0.25, 0.3) is 0 Å². The van der Waals surface area contributed by atoms with Gasteiger partial charge in [0.1, 0.15) is 10.6 Å². The number of rotatable bonds is 3. The van der Waals surface area contributed by atoms with Crippen molar-refractivity contribution in [2.24, 2.45) is 0 Å². The summed E-state index contributed by atoms with van der Waals surface area (Å²) in [5, 5.41) is 3.33. The van der Waals surface area contributed by atoms with Gasteiger partial charge in [0.2, 0.25) is 0 Å². The van der Waals surface area contributed by atoms with Crippen LogP contribution in [-0.4, -0.2) is 24.3 Å². The normalized spacial score (nSPS) is 17.3. The third kappa shape index (κ3) is 4.16. The van der Waals surface area contributed by atoms with Gasteiger partial charge in [-0.3, -0.25) is 0 Å². The van der Waals surface area contributed by atoms with Crippen LogP contribution < -0.4 is 11.1 Å². The van der Waals surface area contributed by atoms with Crippen molar-refractivity contribution in [3.8, 4) is 0 Å². The molecule has 0 spiro atoms. The summed E-state index contributed by atoms with van der Waals surface area (Å²) in [6.07, 6.45) is 1.98. The number of carbonyl (C=O) groups excluding carboxylic acids is 2. The average Bonchev–Trinajstić information content (AvgIpc) is 2.74. The van der Waals surface area contributed by atoms with Crippen LogP contribution in [0.3, 0.4) is 0 Å². The second-order valence-corrected chi connectivity index (χ2v) is 7.58. The molecule has 0 aromatic carbocycles. The van der Waals surface area contributed by atoms with E-state index in [0.717, 1.165) is 29.7 Å². The molecule has 128 valence electrons. The average molecular weight is 340 g/mol. The summed E-state index contributed by atoms with van der Waals surface area (Å²) in [5.74, 6) is -0.389. The highest BCUT2D eigenvalue weighted by Crippen LogP contribution is 2.41. The van der Waals surface area contributed by atoms with Crippen molar-refractivity contribution in [2.45, 2.75) is 58.6 Å². The summed E-state index contributed by atoms with van der Waals surface area (Å²) in [4.78, 5) is 25.1. The Kier molecular flexibility index (Phi) is 5.19. The first-order valence-corrected chi connectivity index (χ1v) is 8.62. The number of amides is 1. The lowest BCUT2D eigenvalue weighted by Crippen LogP contribution is -2.35. The highest BCUT2D eigenvalue weighted by molar-refractivity contribution is 7.16. The largest absolute Gasteiger partial charge is 0.462 e. The zero-order valence-corrected chi connectivity index (χ0v) is 14.8. The number of nitrogens with one attached hydrogen (secondary N) is 1. The van der Waals surface area contributed by atoms with Gasteiger partial charge in [-0.1, -0.05) is 0 Å². The van der Waals surface area contributed by atoms with Gasteiger partial charge in [-0.05, 0) is 52.5 Å². The van der Waals surface area contributed by atoms with Crippen LogP contribution in [0.2, 0.25) is 0 Å². The van der Waals surface area contributed by atoms with Gasteiger partial charge >= 0.3 is 12.1 Å². The second kappa shape index (κ2) is 6.78. The van der Waals surface area contributed by atoms with Crippen LogP contribution in [0.25, 0.3) is 0 Å². The molecule has 0 fully saturated rings. The molecular weight excluding hydrogens is 316 g/mol. The highest BCUT2D eigenvalue weighted by atomic mass is 32.1. The van der Waals surface area contributed by atoms with Crippen molar-refractivity contribution >= 4 is 28.4 Å². The van der Waals surface area contributed by atoms with Crippen LogP contribution in [0, 0.1) is 0 Å². The first kappa shape index (κ1) is 17.6. The molecule has 1 aromatic heterocycles. The van der Waals surface area contributed by atoms with Crippen LogP contribution in [0.15, 0.2) is 0 Å². The lowest BCUT2D eigenvalue weighted by atomic mass is 9.92. The van der Waals surface area contributed by atoms with Gasteiger partial charge in [-0.25, -0.2) is 9.59 Å². The van der Waals surface area contributed by atoms with Crippen molar-refractivity contribution in [1.82, 2.24) is 5.32 Å². The third-order valence-corrected chi connectivity index (χ3v) is 4.65. The summed E-state index contributed by atoms with van der Waals surface area (Å²) in [6, 6.07) is -0.177. The molecule has 0 radical (unpaired) electrons. The minimum atomic E-state index is -0.549. The van der Waals surface area contributed by atoms with Crippen molar-refractivity contribution < 1.29 is 19.1 Å². The fourth-order valence-corrected chi connectivity index (χ4v) is 3.85. The summed E-state index contributed by atoms with van der Waals surface area (Å²) in [7, 11) is 0. The topological polar surface area (TPSA) is 90.6 Å². The molecule has 1 heterocycles. The van der Waals surface area contributed by atoms with Crippen molar-refractivity contribution in [1.29, 1.82) is 0 Å². The van der Waals surface area contributed by atoms with Crippen LogP contribution >= 0.6 is 11.3 Å². The van der Waals surface area contributed by atoms with Crippen LogP contribution in [0.5, 0.6) is 0 Å². The Labute approximate surface area is 140 Å². The van der Waals surface area contributed by atoms with E-state index >= 15 is 0 Å². The Morgan fingerprint density at radius 3 is 2.70 bits per heavy atom. The zero-order chi connectivity index (χ0) is 17.2. The third-order valence-electron chi connectivity index (χ3n) is 3.47. The molecule has 1 atom stereocenters. The fraction of sp³-hybridized carbons (Fsp3) is 0.625. The van der Waals surface area contributed by atoms with Crippen molar-refractivity contribution in [2.75, 3.05) is 12.3 Å². The first-order valence-electron chi connectivity index (χ1n) is 7.80. The van der Waals surface area contributed by atoms with Crippen LogP contribution in [0.4, 0.5) is 9.80 Å². The summed E-state index contributed by atoms with van der Waals surface area (Å²) >= 11 is 1.35. The number of hydrogen-bond donors (Lipinski definition) is 2. The molecule has 0 saturated heterocycles. The standard InChI is InChI=1S/C16H24N2O4S/c1-5-21-14(19)11-9-7-6-8-10(12(9)23-13(11)17)18-15(20)22-16(2,3)4/h10H,5-8,17H2,1-4H3,(H,18,20). The molecule has 3 N–H and O–H groups in total. The Bertz CT molecular complexity index is 604. The van der Waals surface area contributed by atoms with Gasteiger partial charge in [0.15, 0.2) is 0 Å². The van der Waals surface area contributed by atoms with E-state index in [1.54, 1.807) is 6.92 Å². The molecule has 1 unspecified atom stereocenters. The number of thiophene rings is 1. The number of alkyl carbamates (subject to hydrolysis) is 1. The number of esters is 1. The van der Waals surface area contributed by atoms with Gasteiger partial charge in [0.05, 0.1) is 18.2 Å². The molecule has 1 amide bonds. The predicted molar refractivity (Wildman–Crippen MR) is 89.7 cm³/mol. The monoisotopic (exact) mass is 340 g/mol. The Hall–Kier alpha value is -1.76. The number of ether oxygens (including phenoxy) is 2. The van der Waals surface area contributed by atoms with E-state index in [4.69, 9.17) is 15.2 Å². The molecule has 0 saturated carbocycles. The Morgan fingerprint density at radius 1 is 1.39 bits per heavy atom. The van der Waals surface area contributed by atoms with Crippen molar-refractivity contribution in [3.05, 3.63) is 16.0 Å². The molecular formula is C16H24N2O4S. The molecule has 1 aromatic rings. The Morgan fingerprint density at radius 2 is 2.09 bits per heavy atom. The van der Waals surface area contributed by atoms with E-state index in [1.165, 1.54) is 11.3 Å². The van der Waals surface area contributed by atoms with Gasteiger partial charge in [-0.2, -0.15) is 0 Å². The highest BCUT2D eigenvalue weighted by Gasteiger charge is 2.31. The quantitative estimate of drug-likeness (QED) is 0.823. The van der Waals surface area contributed by atoms with Crippen LogP contribution in [-0.2, 0) is 15.9 Å². The number of nitrogen functional groups attached to an aromatic ring is 1. The summed E-state index contributed by atoms with van der Waals surface area (Å²) < 4.78 is 10.4. The predicted octanol–water partition coefficient (Wildman–Crippen LogP) is 3.41. The Balaban J connectivity index is 2.22. The molecule has 0 aliphatic heterocycles. The van der Waals surface area contributed by atoms with Crippen LogP contribution in [0.1, 0.15) is 67.4 Å². The number of anilines is 1. The first-order chi connectivity index (χ1) is 10.7. The van der Waals surface area contributed by atoms with E-state index in [0.29, 0.717) is 17.2 Å². The summed E-state index contributed by atoms with van der Waals surface area (Å²) in [6.45, 7) is 7.53. The van der Waals surface area contributed by atoms with E-state index in [-0.39, 0.29) is 12.0 Å². The lowest BCUT2D eigenvalue weighted by Gasteiger charge is -2.26. The smallest absolute Gasteiger partial charge is 0.408 e. The minimum Gasteiger partial charge on any atom is -0.462 e. The molecule has 2 rings (SSSR count). The lowest BCUT2D eigenvalue weighted by molar-refractivity contribution is 0.0499. The maximum absolute atomic E-state index is 12.1. The molecule has 1 aliphatic rings. The minimum absolute atomic E-state index is 0.177.